The second kappa shape index (κ2) is 7.81. The van der Waals surface area contributed by atoms with E-state index in [1.165, 1.54) is 22.9 Å². The average molecular weight is 402 g/mol. The minimum atomic E-state index is -3.45. The number of sulfonamides is 1. The molecule has 0 bridgehead atoms. The van der Waals surface area contributed by atoms with Crippen molar-refractivity contribution < 1.29 is 17.6 Å². The number of nitrogens with one attached hydrogen (secondary N) is 2. The third-order valence-corrected chi connectivity index (χ3v) is 4.56. The van der Waals surface area contributed by atoms with Crippen molar-refractivity contribution in [1.82, 2.24) is 15.1 Å². The molecule has 1 aromatic heterocycles. The Balaban J connectivity index is 1.77. The zero-order valence-corrected chi connectivity index (χ0v) is 16.1. The van der Waals surface area contributed by atoms with E-state index in [9.17, 15) is 17.6 Å². The van der Waals surface area contributed by atoms with Crippen molar-refractivity contribution in [3.63, 3.8) is 0 Å². The van der Waals surface area contributed by atoms with E-state index in [-0.39, 0.29) is 5.69 Å². The Morgan fingerprint density at radius 1 is 1.14 bits per heavy atom. The highest BCUT2D eigenvalue weighted by Gasteiger charge is 2.17. The predicted molar refractivity (Wildman–Crippen MR) is 104 cm³/mol. The summed E-state index contributed by atoms with van der Waals surface area (Å²) in [5.41, 5.74) is 1.66. The Morgan fingerprint density at radius 2 is 1.89 bits per heavy atom. The highest BCUT2D eigenvalue weighted by molar-refractivity contribution is 7.92. The molecule has 0 fully saturated rings. The van der Waals surface area contributed by atoms with Crippen LogP contribution in [0.1, 0.15) is 29.0 Å². The van der Waals surface area contributed by atoms with Crippen LogP contribution in [0.2, 0.25) is 0 Å². The summed E-state index contributed by atoms with van der Waals surface area (Å²) in [7, 11) is -3.45. The van der Waals surface area contributed by atoms with Crippen molar-refractivity contribution in [2.45, 2.75) is 13.0 Å². The van der Waals surface area contributed by atoms with E-state index in [0.29, 0.717) is 16.9 Å². The molecule has 0 radical (unpaired) electrons. The molecular weight excluding hydrogens is 383 g/mol. The molecule has 2 aromatic carbocycles. The second-order valence-corrected chi connectivity index (χ2v) is 8.03. The molecule has 2 N–H and O–H groups in total. The highest BCUT2D eigenvalue weighted by Crippen LogP contribution is 2.23. The maximum absolute atomic E-state index is 13.4. The van der Waals surface area contributed by atoms with Crippen molar-refractivity contribution in [2.75, 3.05) is 11.0 Å². The maximum Gasteiger partial charge on any atom is 0.272 e. The molecule has 1 amide bonds. The Hall–Kier alpha value is -3.20. The maximum atomic E-state index is 13.4. The van der Waals surface area contributed by atoms with Crippen LogP contribution >= 0.6 is 0 Å². The fourth-order valence-corrected chi connectivity index (χ4v) is 3.31. The fourth-order valence-electron chi connectivity index (χ4n) is 2.72. The van der Waals surface area contributed by atoms with Crippen molar-refractivity contribution >= 4 is 21.6 Å². The van der Waals surface area contributed by atoms with Crippen LogP contribution in [0.25, 0.3) is 5.69 Å². The van der Waals surface area contributed by atoms with Crippen molar-refractivity contribution in [2.24, 2.45) is 0 Å². The Labute approximate surface area is 162 Å². The lowest BCUT2D eigenvalue weighted by Crippen LogP contribution is -2.28. The van der Waals surface area contributed by atoms with E-state index in [4.69, 9.17) is 0 Å². The number of para-hydroxylation sites is 1. The number of hydrogen-bond acceptors (Lipinski definition) is 4. The fraction of sp³-hybridized carbons (Fsp3) is 0.158. The van der Waals surface area contributed by atoms with Gasteiger partial charge in [0.2, 0.25) is 10.0 Å². The first-order chi connectivity index (χ1) is 13.2. The first kappa shape index (κ1) is 19.6. The van der Waals surface area contributed by atoms with E-state index in [1.54, 1.807) is 49.5 Å². The number of carbonyl (C=O) groups excluding carboxylic acids is 1. The van der Waals surface area contributed by atoms with Gasteiger partial charge in [0.15, 0.2) is 5.69 Å². The predicted octanol–water partition coefficient (Wildman–Crippen LogP) is 2.87. The summed E-state index contributed by atoms with van der Waals surface area (Å²) in [6.45, 7) is 1.74. The van der Waals surface area contributed by atoms with Gasteiger partial charge in [-0.05, 0) is 42.8 Å². The van der Waals surface area contributed by atoms with Crippen LogP contribution in [0, 0.1) is 5.82 Å². The van der Waals surface area contributed by atoms with E-state index in [2.05, 4.69) is 15.1 Å². The van der Waals surface area contributed by atoms with Gasteiger partial charge in [-0.15, -0.1) is 0 Å². The van der Waals surface area contributed by atoms with Crippen molar-refractivity contribution in [3.05, 3.63) is 77.9 Å². The lowest BCUT2D eigenvalue weighted by molar-refractivity contribution is 0.0934. The molecule has 0 saturated heterocycles. The summed E-state index contributed by atoms with van der Waals surface area (Å²) in [5, 5.41) is 6.97. The standard InChI is InChI=1S/C19H19FN4O3S/c1-13(16-8-3-4-9-17(16)23-28(2,26)27)21-19(25)18-10-11-24(22-18)15-7-5-6-14(20)12-15/h3-13,23H,1-2H3,(H,21,25). The number of rotatable bonds is 6. The van der Waals surface area contributed by atoms with Crippen LogP contribution in [-0.2, 0) is 10.0 Å². The lowest BCUT2D eigenvalue weighted by Gasteiger charge is -2.18. The number of benzene rings is 2. The van der Waals surface area contributed by atoms with Crippen molar-refractivity contribution in [3.8, 4) is 5.69 Å². The van der Waals surface area contributed by atoms with E-state index >= 15 is 0 Å². The summed E-state index contributed by atoms with van der Waals surface area (Å²) < 4.78 is 40.3. The molecule has 1 atom stereocenters. The van der Waals surface area contributed by atoms with Gasteiger partial charge in [0.05, 0.1) is 23.7 Å². The minimum absolute atomic E-state index is 0.157. The molecule has 0 saturated carbocycles. The highest BCUT2D eigenvalue weighted by atomic mass is 32.2. The molecule has 0 aliphatic rings. The van der Waals surface area contributed by atoms with Gasteiger partial charge < -0.3 is 5.32 Å². The monoisotopic (exact) mass is 402 g/mol. The summed E-state index contributed by atoms with van der Waals surface area (Å²) in [5.74, 6) is -0.834. The quantitative estimate of drug-likeness (QED) is 0.663. The molecule has 28 heavy (non-hydrogen) atoms. The number of halogens is 1. The molecule has 146 valence electrons. The Bertz CT molecular complexity index is 1110. The first-order valence-electron chi connectivity index (χ1n) is 8.42. The van der Waals surface area contributed by atoms with Gasteiger partial charge in [0.1, 0.15) is 5.82 Å². The number of carbonyl (C=O) groups is 1. The number of nitrogens with zero attached hydrogens (tertiary/aromatic N) is 2. The molecule has 3 aromatic rings. The topological polar surface area (TPSA) is 93.1 Å². The molecule has 1 unspecified atom stereocenters. The normalized spacial score (nSPS) is 12.4. The van der Waals surface area contributed by atoms with E-state index in [1.807, 2.05) is 0 Å². The average Bonchev–Trinajstić information content (AvgIpc) is 3.11. The third kappa shape index (κ3) is 4.74. The molecule has 7 nitrogen and oxygen atoms in total. The van der Waals surface area contributed by atoms with E-state index < -0.39 is 27.8 Å². The van der Waals surface area contributed by atoms with Crippen LogP contribution in [0.15, 0.2) is 60.8 Å². The molecule has 0 aliphatic carbocycles. The number of anilines is 1. The van der Waals surface area contributed by atoms with Gasteiger partial charge in [-0.25, -0.2) is 17.5 Å². The first-order valence-corrected chi connectivity index (χ1v) is 10.3. The van der Waals surface area contributed by atoms with Crippen LogP contribution in [0.5, 0.6) is 0 Å². The van der Waals surface area contributed by atoms with Crippen LogP contribution in [-0.4, -0.2) is 30.4 Å². The van der Waals surface area contributed by atoms with Gasteiger partial charge >= 0.3 is 0 Å². The smallest absolute Gasteiger partial charge is 0.272 e. The van der Waals surface area contributed by atoms with Gasteiger partial charge in [0, 0.05) is 6.20 Å². The van der Waals surface area contributed by atoms with Crippen LogP contribution in [0.3, 0.4) is 0 Å². The molecule has 9 heteroatoms. The van der Waals surface area contributed by atoms with E-state index in [0.717, 1.165) is 6.26 Å². The summed E-state index contributed by atoms with van der Waals surface area (Å²) in [6.07, 6.45) is 2.62. The van der Waals surface area contributed by atoms with Gasteiger partial charge in [-0.1, -0.05) is 24.3 Å². The summed E-state index contributed by atoms with van der Waals surface area (Å²) in [6, 6.07) is 13.7. The molecule has 0 aliphatic heterocycles. The molecule has 3 rings (SSSR count). The largest absolute Gasteiger partial charge is 0.344 e. The number of aromatic nitrogens is 2. The van der Waals surface area contributed by atoms with Crippen molar-refractivity contribution in [1.29, 1.82) is 0 Å². The molecule has 1 heterocycles. The number of amides is 1. The van der Waals surface area contributed by atoms with Gasteiger partial charge in [-0.2, -0.15) is 5.10 Å². The number of hydrogen-bond donors (Lipinski definition) is 2. The molecular formula is C19H19FN4O3S. The summed E-state index contributed by atoms with van der Waals surface area (Å²) in [4.78, 5) is 12.5. The van der Waals surface area contributed by atoms with Gasteiger partial charge in [-0.3, -0.25) is 9.52 Å². The minimum Gasteiger partial charge on any atom is -0.344 e. The molecule has 0 spiro atoms. The zero-order chi connectivity index (χ0) is 20.3. The van der Waals surface area contributed by atoms with Gasteiger partial charge in [0.25, 0.3) is 5.91 Å². The zero-order valence-electron chi connectivity index (χ0n) is 15.3. The lowest BCUT2D eigenvalue weighted by atomic mass is 10.1. The Kier molecular flexibility index (Phi) is 5.46. The van der Waals surface area contributed by atoms with Crippen LogP contribution in [0.4, 0.5) is 10.1 Å². The Morgan fingerprint density at radius 3 is 2.61 bits per heavy atom. The second-order valence-electron chi connectivity index (χ2n) is 6.28. The summed E-state index contributed by atoms with van der Waals surface area (Å²) >= 11 is 0. The SMILES string of the molecule is CC(NC(=O)c1ccn(-c2cccc(F)c2)n1)c1ccccc1NS(C)(=O)=O. The van der Waals surface area contributed by atoms with Crippen LogP contribution < -0.4 is 10.0 Å². The third-order valence-electron chi connectivity index (χ3n) is 3.96.